The van der Waals surface area contributed by atoms with Gasteiger partial charge in [-0.3, -0.25) is 28.9 Å². The number of nitriles is 5. The van der Waals surface area contributed by atoms with Gasteiger partial charge in [0.25, 0.3) is 27.8 Å². The normalized spacial score (nSPS) is 11.6. The molecule has 10 aromatic carbocycles. The molecular weight excluding hydrogens is 1960 g/mol. The molecule has 1 saturated heterocycles. The zero-order valence-corrected chi connectivity index (χ0v) is 79.7. The zero-order chi connectivity index (χ0) is 104. The van der Waals surface area contributed by atoms with Gasteiger partial charge in [0, 0.05) is 81.9 Å². The van der Waals surface area contributed by atoms with E-state index in [0.717, 1.165) is 57.9 Å². The summed E-state index contributed by atoms with van der Waals surface area (Å²) in [5.74, 6) is -4.43. The van der Waals surface area contributed by atoms with Crippen LogP contribution < -0.4 is 27.8 Å². The van der Waals surface area contributed by atoms with E-state index in [1.54, 1.807) is 225 Å². The van der Waals surface area contributed by atoms with E-state index in [4.69, 9.17) is 65.8 Å². The maximum Gasteiger partial charge on any atom is 0.274 e. The van der Waals surface area contributed by atoms with Gasteiger partial charge in [-0.2, -0.15) is 73.8 Å². The molecule has 1 aliphatic heterocycles. The number of ether oxygens (including phenoxy) is 1. The number of hydrogen-bond acceptors (Lipinski definition) is 23. The molecule has 0 unspecified atom stereocenters. The molecule has 11 heterocycles. The monoisotopic (exact) mass is 2030 g/mol. The Balaban J connectivity index is 0.000000126. The van der Waals surface area contributed by atoms with Crippen LogP contribution in [0.3, 0.4) is 0 Å². The molecule has 0 amide bonds. The lowest BCUT2D eigenvalue weighted by Gasteiger charge is -2.26. The number of aromatic nitrogens is 15. The molecular formula is C111H72Cl3F6N21O7. The smallest absolute Gasteiger partial charge is 0.274 e. The lowest BCUT2D eigenvalue weighted by molar-refractivity contribution is 0.0341. The van der Waals surface area contributed by atoms with Crippen LogP contribution in [0.1, 0.15) is 66.8 Å². The molecule has 148 heavy (non-hydrogen) atoms. The Kier molecular flexibility index (Phi) is 30.8. The molecule has 21 rings (SSSR count). The molecule has 20 aromatic rings. The number of pyridine rings is 5. The first-order valence-electron chi connectivity index (χ1n) is 45.1. The zero-order valence-electron chi connectivity index (χ0n) is 77.5. The van der Waals surface area contributed by atoms with Crippen LogP contribution >= 0.6 is 34.8 Å². The second kappa shape index (κ2) is 45.3. The van der Waals surface area contributed by atoms with Crippen molar-refractivity contribution in [2.24, 2.45) is 0 Å². The predicted octanol–water partition coefficient (Wildman–Crippen LogP) is 19.5. The minimum absolute atomic E-state index is 0.00442. The Bertz CT molecular complexity index is 8770. The van der Waals surface area contributed by atoms with Gasteiger partial charge in [0.05, 0.1) is 175 Å². The van der Waals surface area contributed by atoms with Gasteiger partial charge in [-0.05, 0) is 162 Å². The second-order valence-electron chi connectivity index (χ2n) is 33.5. The number of benzene rings is 10. The second-order valence-corrected chi connectivity index (χ2v) is 34.8. The molecule has 28 nitrogen and oxygen atoms in total. The number of rotatable bonds is 17. The number of fused-ring (bicyclic) bond motifs is 5. The van der Waals surface area contributed by atoms with E-state index in [1.165, 1.54) is 73.7 Å². The average molecular weight is 2030 g/mol. The van der Waals surface area contributed by atoms with Crippen LogP contribution in [0.2, 0.25) is 15.1 Å². The van der Waals surface area contributed by atoms with E-state index in [2.05, 4.69) is 67.5 Å². The predicted molar refractivity (Wildman–Crippen MR) is 545 cm³/mol. The highest BCUT2D eigenvalue weighted by molar-refractivity contribution is 6.32. The summed E-state index contributed by atoms with van der Waals surface area (Å²) in [4.78, 5) is 85.7. The van der Waals surface area contributed by atoms with Gasteiger partial charge in [0.2, 0.25) is 29.7 Å². The number of nitrogens with zero attached hydrogens (tertiary/aromatic N) is 21. The topological polar surface area (TPSA) is 391 Å². The lowest BCUT2D eigenvalue weighted by atomic mass is 10.0. The van der Waals surface area contributed by atoms with Gasteiger partial charge in [-0.1, -0.05) is 174 Å². The van der Waals surface area contributed by atoms with Crippen molar-refractivity contribution in [1.82, 2.24) is 78.7 Å². The Morgan fingerprint density at radius 2 is 0.601 bits per heavy atom. The molecule has 1 aliphatic rings. The largest absolute Gasteiger partial charge is 0.506 e. The summed E-state index contributed by atoms with van der Waals surface area (Å²) in [7, 11) is 0. The van der Waals surface area contributed by atoms with Crippen LogP contribution in [0, 0.1) is 99.1 Å². The minimum atomic E-state index is -0.793. The summed E-state index contributed by atoms with van der Waals surface area (Å²) in [6.45, 7) is 5.84. The molecule has 726 valence electrons. The average Bonchev–Trinajstić information content (AvgIpc) is 0.781. The van der Waals surface area contributed by atoms with Crippen molar-refractivity contribution in [3.8, 4) is 92.4 Å². The summed E-state index contributed by atoms with van der Waals surface area (Å²) in [6.07, 6.45) is 6.38. The van der Waals surface area contributed by atoms with Gasteiger partial charge in [-0.25, -0.2) is 52.7 Å². The Morgan fingerprint density at radius 3 is 0.953 bits per heavy atom. The molecule has 0 atom stereocenters. The van der Waals surface area contributed by atoms with Crippen LogP contribution in [-0.4, -0.2) is 110 Å². The molecule has 0 saturated carbocycles. The first-order chi connectivity index (χ1) is 71.7. The minimum Gasteiger partial charge on any atom is -0.506 e. The van der Waals surface area contributed by atoms with Gasteiger partial charge in [-0.15, -0.1) is 0 Å². The number of halogens is 9. The quantitative estimate of drug-likeness (QED) is 0.0653. The first-order valence-corrected chi connectivity index (χ1v) is 46.2. The molecule has 1 N–H and O–H groups in total. The first kappa shape index (κ1) is 101. The van der Waals surface area contributed by atoms with Crippen molar-refractivity contribution >= 4 is 88.7 Å². The molecule has 1 fully saturated rings. The number of morpholine rings is 1. The van der Waals surface area contributed by atoms with Crippen LogP contribution in [0.15, 0.2) is 316 Å². The third-order valence-corrected chi connectivity index (χ3v) is 24.4. The highest BCUT2D eigenvalue weighted by atomic mass is 35.5. The van der Waals surface area contributed by atoms with E-state index < -0.39 is 41.1 Å². The SMILES string of the molecule is Cc1cnc(F)c(-c2nn(Cc3ccc(C#N)cc3)c(=O)c3ccccc23)c1.N#Cc1ccc(Cn2nc(-c3cc(CN4CCOCC4)cnc3F)c3ccccc3c2=O)cc1.N#Cc1ccc(Cn2nc(-c3cc(Cl)cnc3F)c3ccccc3c2=O)c(Cl)c1.N#Cc1ccc(Cn2nc(-c3cc(Cl)cnc3F)c3ccccc3c2=O)c(F)c1.N#Cc1ccc(Cn2nc(-c3cc(O)cnc3F)c3ccccc3c2=O)cc1. The summed E-state index contributed by atoms with van der Waals surface area (Å²) in [5.41, 5.74) is 7.37. The molecule has 0 radical (unpaired) electrons. The van der Waals surface area contributed by atoms with E-state index in [-0.39, 0.29) is 127 Å². The van der Waals surface area contributed by atoms with Crippen molar-refractivity contribution < 1.29 is 36.2 Å². The molecule has 10 aromatic heterocycles. The maximum absolute atomic E-state index is 15.0. The van der Waals surface area contributed by atoms with Gasteiger partial charge in [0.15, 0.2) is 0 Å². The molecule has 37 heteroatoms. The summed E-state index contributed by atoms with van der Waals surface area (Å²) < 4.78 is 98.6. The van der Waals surface area contributed by atoms with E-state index in [1.807, 2.05) is 25.1 Å². The van der Waals surface area contributed by atoms with Crippen molar-refractivity contribution in [1.29, 1.82) is 26.3 Å². The summed E-state index contributed by atoms with van der Waals surface area (Å²) in [5, 5.41) is 81.9. The van der Waals surface area contributed by atoms with Crippen LogP contribution in [0.5, 0.6) is 5.75 Å². The van der Waals surface area contributed by atoms with Crippen molar-refractivity contribution in [3.05, 3.63) is 461 Å². The van der Waals surface area contributed by atoms with E-state index >= 15 is 4.39 Å². The highest BCUT2D eigenvalue weighted by Gasteiger charge is 2.26. The lowest BCUT2D eigenvalue weighted by Crippen LogP contribution is -2.35. The summed E-state index contributed by atoms with van der Waals surface area (Å²) >= 11 is 18.2. The number of aromatic hydroxyl groups is 1. The van der Waals surface area contributed by atoms with E-state index in [0.29, 0.717) is 118 Å². The Labute approximate surface area is 850 Å². The molecule has 0 bridgehead atoms. The van der Waals surface area contributed by atoms with Gasteiger partial charge < -0.3 is 9.84 Å². The highest BCUT2D eigenvalue weighted by Crippen LogP contribution is 2.36. The number of aryl methyl sites for hydroxylation is 1. The standard InChI is InChI=1S/C26H22FN5O2.C22H15FN4O.C21H11Cl2FN4O.C21H11ClF2N4O.C21H13FN4O2/c27-25-23(13-20(15-29-25)16-31-9-11-34-12-10-31)24-21-3-1-2-4-22(21)26(33)32(30-24)17-19-7-5-18(14-28)6-8-19;1-14-10-19(21(23)25-12-14)20-17-4-2-3-5-18(17)22(28)27(26-20)13-16-8-6-15(11-24)7-9-16;2*22-14-8-17(20(24)26-10-14)19-15-3-1-2-4-16(15)21(29)28(27-19)11-13-6-5-12(9-25)7-18(13)23;22-20-18(9-15(27)11-24-20)19-16-3-1-2-4-17(16)21(28)26(25-19)12-14-7-5-13(10-23)6-8-14/h1-8,13,15H,9-12,16-17H2;2-10,12H,13H2,1H3;2*1-8,10H,11H2;1-9,11,27H,12H2. The fourth-order valence-corrected chi connectivity index (χ4v) is 16.9. The van der Waals surface area contributed by atoms with Crippen LogP contribution in [0.25, 0.3) is 110 Å². The fourth-order valence-electron chi connectivity index (χ4n) is 16.4. The van der Waals surface area contributed by atoms with Gasteiger partial charge in [0.1, 0.15) is 40.0 Å². The Hall–Kier alpha value is -18.7. The van der Waals surface area contributed by atoms with E-state index in [9.17, 15) is 51.0 Å². The fraction of sp³-hybridized carbons (Fsp3) is 0.0991. The third-order valence-electron chi connectivity index (χ3n) is 23.7. The molecule has 0 aliphatic carbocycles. The third kappa shape index (κ3) is 22.7. The van der Waals surface area contributed by atoms with Crippen molar-refractivity contribution in [2.45, 2.75) is 46.2 Å². The van der Waals surface area contributed by atoms with Crippen LogP contribution in [0.4, 0.5) is 26.3 Å². The number of hydrogen-bond donors (Lipinski definition) is 1. The van der Waals surface area contributed by atoms with Crippen LogP contribution in [-0.2, 0) is 44.0 Å². The van der Waals surface area contributed by atoms with Crippen molar-refractivity contribution in [3.63, 3.8) is 0 Å². The maximum atomic E-state index is 15.0. The summed E-state index contributed by atoms with van der Waals surface area (Å²) in [6, 6.07) is 81.2. The Morgan fingerprint density at radius 1 is 0.311 bits per heavy atom. The van der Waals surface area contributed by atoms with Gasteiger partial charge >= 0.3 is 0 Å². The van der Waals surface area contributed by atoms with Crippen molar-refractivity contribution in [2.75, 3.05) is 26.3 Å². The molecule has 0 spiro atoms.